The van der Waals surface area contributed by atoms with Gasteiger partial charge in [-0.2, -0.15) is 0 Å². The summed E-state index contributed by atoms with van der Waals surface area (Å²) in [6, 6.07) is 27.5. The van der Waals surface area contributed by atoms with Gasteiger partial charge >= 0.3 is 0 Å². The fraction of sp³-hybridized carbons (Fsp3) is 0.0435. The van der Waals surface area contributed by atoms with Gasteiger partial charge < -0.3 is 0 Å². The van der Waals surface area contributed by atoms with Crippen molar-refractivity contribution in [3.05, 3.63) is 96.3 Å². The molecule has 2 heteroatoms. The Hall–Kier alpha value is -3.26. The summed E-state index contributed by atoms with van der Waals surface area (Å²) in [5.41, 5.74) is 4.18. The van der Waals surface area contributed by atoms with E-state index in [1.54, 1.807) is 0 Å². The lowest BCUT2D eigenvalue weighted by Gasteiger charge is -2.07. The summed E-state index contributed by atoms with van der Waals surface area (Å²) in [6.45, 7) is 0. The Labute approximate surface area is 145 Å². The minimum atomic E-state index is 0.789. The number of benzene rings is 4. The second kappa shape index (κ2) is 5.67. The van der Waals surface area contributed by atoms with Crippen molar-refractivity contribution >= 4 is 32.6 Å². The molecule has 1 heterocycles. The summed E-state index contributed by atoms with van der Waals surface area (Å²) < 4.78 is 0. The molecule has 0 aliphatic carbocycles. The Morgan fingerprint density at radius 3 is 2.36 bits per heavy atom. The van der Waals surface area contributed by atoms with Gasteiger partial charge in [-0.25, -0.2) is 4.98 Å². The van der Waals surface area contributed by atoms with Crippen LogP contribution in [0.25, 0.3) is 32.6 Å². The maximum Gasteiger partial charge on any atom is 0.0968 e. The van der Waals surface area contributed by atoms with Crippen LogP contribution in [0.3, 0.4) is 0 Å². The Balaban J connectivity index is 1.60. The van der Waals surface area contributed by atoms with E-state index in [1.165, 1.54) is 21.7 Å². The lowest BCUT2D eigenvalue weighted by atomic mass is 10.0. The third-order valence-corrected chi connectivity index (χ3v) is 4.69. The van der Waals surface area contributed by atoms with E-state index >= 15 is 0 Å². The molecule has 0 amide bonds. The zero-order valence-corrected chi connectivity index (χ0v) is 13.7. The van der Waals surface area contributed by atoms with E-state index in [9.17, 15) is 0 Å². The Kier molecular flexibility index (Phi) is 3.20. The minimum absolute atomic E-state index is 0.789. The number of aromatic nitrogens is 2. The van der Waals surface area contributed by atoms with Crippen molar-refractivity contribution in [2.24, 2.45) is 0 Å². The van der Waals surface area contributed by atoms with Crippen molar-refractivity contribution in [3.63, 3.8) is 0 Å². The SMILES string of the molecule is c1ccc2cc(Cc3cnc4ccc5ccccc5c4n3)ccc2c1. The summed E-state index contributed by atoms with van der Waals surface area (Å²) in [7, 11) is 0. The molecule has 0 saturated carbocycles. The Bertz CT molecular complexity index is 1220. The van der Waals surface area contributed by atoms with Crippen LogP contribution in [0, 0.1) is 0 Å². The lowest BCUT2D eigenvalue weighted by Crippen LogP contribution is -1.95. The van der Waals surface area contributed by atoms with Gasteiger partial charge in [-0.05, 0) is 27.8 Å². The van der Waals surface area contributed by atoms with Gasteiger partial charge in [0.25, 0.3) is 0 Å². The number of fused-ring (bicyclic) bond motifs is 4. The van der Waals surface area contributed by atoms with Crippen LogP contribution in [0.5, 0.6) is 0 Å². The first kappa shape index (κ1) is 14.1. The van der Waals surface area contributed by atoms with Gasteiger partial charge in [-0.15, -0.1) is 0 Å². The maximum atomic E-state index is 4.92. The molecule has 5 rings (SSSR count). The third-order valence-electron chi connectivity index (χ3n) is 4.69. The first-order valence-electron chi connectivity index (χ1n) is 8.48. The van der Waals surface area contributed by atoms with Gasteiger partial charge in [-0.1, -0.05) is 72.8 Å². The number of nitrogens with zero attached hydrogens (tertiary/aromatic N) is 2. The monoisotopic (exact) mass is 320 g/mol. The molecule has 4 aromatic carbocycles. The highest BCUT2D eigenvalue weighted by Crippen LogP contribution is 2.23. The van der Waals surface area contributed by atoms with Crippen molar-refractivity contribution in [2.75, 3.05) is 0 Å². The first-order chi connectivity index (χ1) is 12.4. The third kappa shape index (κ3) is 2.52. The van der Waals surface area contributed by atoms with E-state index in [1.807, 2.05) is 12.3 Å². The molecule has 0 N–H and O–H groups in total. The molecule has 0 saturated heterocycles. The summed E-state index contributed by atoms with van der Waals surface area (Å²) in [5, 5.41) is 4.89. The van der Waals surface area contributed by atoms with Crippen molar-refractivity contribution in [1.29, 1.82) is 0 Å². The molecular weight excluding hydrogens is 304 g/mol. The van der Waals surface area contributed by atoms with Gasteiger partial charge in [0.05, 0.1) is 16.7 Å². The lowest BCUT2D eigenvalue weighted by molar-refractivity contribution is 1.07. The fourth-order valence-corrected chi connectivity index (χ4v) is 3.42. The van der Waals surface area contributed by atoms with Crippen LogP contribution < -0.4 is 0 Å². The van der Waals surface area contributed by atoms with Crippen LogP contribution in [0.15, 0.2) is 85.1 Å². The first-order valence-corrected chi connectivity index (χ1v) is 8.48. The van der Waals surface area contributed by atoms with Gasteiger partial charge in [0, 0.05) is 18.0 Å². The predicted octanol–water partition coefficient (Wildman–Crippen LogP) is 5.53. The zero-order valence-electron chi connectivity index (χ0n) is 13.7. The summed E-state index contributed by atoms with van der Waals surface area (Å²) >= 11 is 0. The fourth-order valence-electron chi connectivity index (χ4n) is 3.42. The molecule has 25 heavy (non-hydrogen) atoms. The van der Waals surface area contributed by atoms with Gasteiger partial charge in [0.15, 0.2) is 0 Å². The largest absolute Gasteiger partial charge is 0.253 e. The molecule has 0 unspecified atom stereocenters. The highest BCUT2D eigenvalue weighted by molar-refractivity contribution is 6.03. The van der Waals surface area contributed by atoms with Crippen LogP contribution >= 0.6 is 0 Å². The van der Waals surface area contributed by atoms with E-state index in [0.717, 1.165) is 28.5 Å². The van der Waals surface area contributed by atoms with E-state index < -0.39 is 0 Å². The second-order valence-electron chi connectivity index (χ2n) is 6.37. The molecule has 0 aliphatic rings. The van der Waals surface area contributed by atoms with E-state index in [-0.39, 0.29) is 0 Å². The van der Waals surface area contributed by atoms with E-state index in [0.29, 0.717) is 0 Å². The van der Waals surface area contributed by atoms with Crippen molar-refractivity contribution in [2.45, 2.75) is 6.42 Å². The van der Waals surface area contributed by atoms with Crippen LogP contribution in [0.2, 0.25) is 0 Å². The standard InChI is InChI=1S/C23H16N2/c1-2-7-19-13-16(9-10-17(19)5-1)14-20-15-24-22-12-11-18-6-3-4-8-21(18)23(22)25-20/h1-13,15H,14H2. The maximum absolute atomic E-state index is 4.92. The van der Waals surface area contributed by atoms with Gasteiger partial charge in [0.1, 0.15) is 0 Å². The predicted molar refractivity (Wildman–Crippen MR) is 104 cm³/mol. The smallest absolute Gasteiger partial charge is 0.0968 e. The van der Waals surface area contributed by atoms with Crippen LogP contribution in [-0.4, -0.2) is 9.97 Å². The van der Waals surface area contributed by atoms with Crippen molar-refractivity contribution < 1.29 is 0 Å². The average Bonchev–Trinajstić information content (AvgIpc) is 2.68. The molecule has 0 spiro atoms. The van der Waals surface area contributed by atoms with Crippen LogP contribution in [0.1, 0.15) is 11.3 Å². The number of hydrogen-bond donors (Lipinski definition) is 0. The van der Waals surface area contributed by atoms with Crippen LogP contribution in [-0.2, 0) is 6.42 Å². The molecule has 0 atom stereocenters. The highest BCUT2D eigenvalue weighted by Gasteiger charge is 2.06. The molecule has 0 bridgehead atoms. The minimum Gasteiger partial charge on any atom is -0.253 e. The highest BCUT2D eigenvalue weighted by atomic mass is 14.8. The quantitative estimate of drug-likeness (QED) is 0.400. The van der Waals surface area contributed by atoms with Crippen molar-refractivity contribution in [1.82, 2.24) is 9.97 Å². The molecule has 118 valence electrons. The molecule has 0 fully saturated rings. The summed E-state index contributed by atoms with van der Waals surface area (Å²) in [4.78, 5) is 9.54. The van der Waals surface area contributed by atoms with Crippen molar-refractivity contribution in [3.8, 4) is 0 Å². The summed E-state index contributed by atoms with van der Waals surface area (Å²) in [6.07, 6.45) is 2.68. The second-order valence-corrected chi connectivity index (χ2v) is 6.37. The normalized spacial score (nSPS) is 11.4. The van der Waals surface area contributed by atoms with E-state index in [4.69, 9.17) is 4.98 Å². The zero-order chi connectivity index (χ0) is 16.6. The topological polar surface area (TPSA) is 25.8 Å². The molecule has 2 nitrogen and oxygen atoms in total. The number of rotatable bonds is 2. The molecule has 1 aromatic heterocycles. The van der Waals surface area contributed by atoms with Gasteiger partial charge in [-0.3, -0.25) is 4.98 Å². The van der Waals surface area contributed by atoms with E-state index in [2.05, 4.69) is 77.8 Å². The molecule has 0 aliphatic heterocycles. The summed E-state index contributed by atoms with van der Waals surface area (Å²) in [5.74, 6) is 0. The Morgan fingerprint density at radius 1 is 0.680 bits per heavy atom. The number of hydrogen-bond acceptors (Lipinski definition) is 2. The molecule has 0 radical (unpaired) electrons. The Morgan fingerprint density at radius 2 is 1.44 bits per heavy atom. The van der Waals surface area contributed by atoms with Gasteiger partial charge in [0.2, 0.25) is 0 Å². The molecular formula is C23H16N2. The average molecular weight is 320 g/mol. The molecule has 5 aromatic rings. The van der Waals surface area contributed by atoms with Crippen LogP contribution in [0.4, 0.5) is 0 Å².